The SMILES string of the molecule is C[C@@H]1CCO[C@@](O)([C@@H](C)O)/C=C/C=C\C(=O)O[C@@H]2C[C@H]3O[C@@H]4C=C(CO)CC[C@]4(COC(=O)C1)[C@]2(C)[C@]31CO1. The van der Waals surface area contributed by atoms with Crippen LogP contribution in [0.5, 0.6) is 0 Å². The number of aliphatic hydroxyl groups is 3. The zero-order chi connectivity index (χ0) is 28.1. The van der Waals surface area contributed by atoms with Gasteiger partial charge in [-0.15, -0.1) is 0 Å². The summed E-state index contributed by atoms with van der Waals surface area (Å²) in [5.41, 5.74) is -1.19. The molecule has 0 amide bonds. The number of epoxide rings is 1. The van der Waals surface area contributed by atoms with Crippen molar-refractivity contribution in [3.8, 4) is 0 Å². The average molecular weight is 549 g/mol. The van der Waals surface area contributed by atoms with Gasteiger partial charge < -0.3 is 39.0 Å². The Morgan fingerprint density at radius 1 is 1.15 bits per heavy atom. The van der Waals surface area contributed by atoms with E-state index in [1.165, 1.54) is 31.2 Å². The molecule has 2 saturated heterocycles. The lowest BCUT2D eigenvalue weighted by atomic mass is 9.51. The molecule has 0 unspecified atom stereocenters. The van der Waals surface area contributed by atoms with E-state index in [4.69, 9.17) is 23.7 Å². The van der Waals surface area contributed by atoms with Crippen molar-refractivity contribution < 1.29 is 48.6 Å². The third kappa shape index (κ3) is 4.69. The van der Waals surface area contributed by atoms with Crippen molar-refractivity contribution in [1.82, 2.24) is 0 Å². The standard InChI is InChI=1S/C29H40O10/c1-18-8-11-36-29(34,19(2)31)9-5-4-6-24(32)39-21-14-23-28(17-37-28)26(21,3)27(16-35-25(33)12-18)10-7-20(15-30)13-22(27)38-23/h4-6,9,13,18-19,21-23,30-31,34H,7-8,10-12,14-17H2,1-3H3/b6-4-,9-5+/t18-,19-,21-,22-,23-,26-,27-,28+,29-/m1/s1. The van der Waals surface area contributed by atoms with Crippen LogP contribution in [0.2, 0.25) is 0 Å². The van der Waals surface area contributed by atoms with Gasteiger partial charge in [-0.05, 0) is 43.8 Å². The molecule has 2 bridgehead atoms. The Balaban J connectivity index is 1.50. The molecule has 9 atom stereocenters. The second-order valence-corrected chi connectivity index (χ2v) is 12.0. The van der Waals surface area contributed by atoms with Crippen molar-refractivity contribution in [2.45, 2.75) is 88.7 Å². The maximum atomic E-state index is 13.0. The van der Waals surface area contributed by atoms with Crippen molar-refractivity contribution in [2.75, 3.05) is 26.4 Å². The molecule has 2 aliphatic carbocycles. The lowest BCUT2D eigenvalue weighted by Crippen LogP contribution is -2.66. The van der Waals surface area contributed by atoms with Crippen molar-refractivity contribution in [3.63, 3.8) is 0 Å². The maximum absolute atomic E-state index is 13.0. The summed E-state index contributed by atoms with van der Waals surface area (Å²) in [4.78, 5) is 26.0. The van der Waals surface area contributed by atoms with Crippen LogP contribution < -0.4 is 0 Å². The summed E-state index contributed by atoms with van der Waals surface area (Å²) in [5, 5.41) is 30.6. The van der Waals surface area contributed by atoms with E-state index in [1.807, 2.05) is 13.0 Å². The third-order valence-corrected chi connectivity index (χ3v) is 9.78. The normalized spacial score (nSPS) is 47.1. The molecule has 0 aromatic rings. The Morgan fingerprint density at radius 2 is 1.92 bits per heavy atom. The molecule has 0 aromatic carbocycles. The average Bonchev–Trinajstić information content (AvgIpc) is 3.67. The smallest absolute Gasteiger partial charge is 0.331 e. The highest BCUT2D eigenvalue weighted by Gasteiger charge is 2.83. The molecular weight excluding hydrogens is 508 g/mol. The van der Waals surface area contributed by atoms with Crippen LogP contribution >= 0.6 is 0 Å². The Labute approximate surface area is 228 Å². The molecule has 216 valence electrons. The fraction of sp³-hybridized carbons (Fsp3) is 0.724. The van der Waals surface area contributed by atoms with E-state index < -0.39 is 46.5 Å². The number of hydrogen-bond acceptors (Lipinski definition) is 10. The summed E-state index contributed by atoms with van der Waals surface area (Å²) in [5.74, 6) is -2.99. The highest BCUT2D eigenvalue weighted by Crippen LogP contribution is 2.72. The number of esters is 2. The second kappa shape index (κ2) is 10.4. The van der Waals surface area contributed by atoms with E-state index in [0.717, 1.165) is 5.57 Å². The van der Waals surface area contributed by atoms with Crippen LogP contribution in [0, 0.1) is 16.7 Å². The number of rotatable bonds is 2. The molecule has 3 aliphatic heterocycles. The molecule has 1 saturated carbocycles. The van der Waals surface area contributed by atoms with Gasteiger partial charge in [0.1, 0.15) is 24.4 Å². The number of hydrogen-bond donors (Lipinski definition) is 3. The van der Waals surface area contributed by atoms with E-state index in [1.54, 1.807) is 0 Å². The van der Waals surface area contributed by atoms with Gasteiger partial charge in [-0.25, -0.2) is 4.79 Å². The molecule has 0 radical (unpaired) electrons. The van der Waals surface area contributed by atoms with Crippen molar-refractivity contribution in [1.29, 1.82) is 0 Å². The first kappa shape index (κ1) is 28.4. The summed E-state index contributed by atoms with van der Waals surface area (Å²) >= 11 is 0. The molecule has 5 rings (SSSR count). The number of ether oxygens (including phenoxy) is 5. The quantitative estimate of drug-likeness (QED) is 0.265. The summed E-state index contributed by atoms with van der Waals surface area (Å²) in [6, 6.07) is 0. The monoisotopic (exact) mass is 548 g/mol. The predicted molar refractivity (Wildman–Crippen MR) is 137 cm³/mol. The zero-order valence-corrected chi connectivity index (χ0v) is 22.8. The molecule has 3 heterocycles. The van der Waals surface area contributed by atoms with Crippen LogP contribution in [0.25, 0.3) is 0 Å². The number of aliphatic hydroxyl groups excluding tert-OH is 2. The summed E-state index contributed by atoms with van der Waals surface area (Å²) in [6.07, 6.45) is 7.05. The largest absolute Gasteiger partial charge is 0.465 e. The molecule has 39 heavy (non-hydrogen) atoms. The Hall–Kier alpha value is -2.08. The number of carbonyl (C=O) groups is 2. The van der Waals surface area contributed by atoms with Gasteiger partial charge in [-0.3, -0.25) is 4.79 Å². The Morgan fingerprint density at radius 3 is 2.62 bits per heavy atom. The summed E-state index contributed by atoms with van der Waals surface area (Å²) in [6.45, 7) is 5.92. The van der Waals surface area contributed by atoms with Crippen LogP contribution in [-0.2, 0) is 33.3 Å². The van der Waals surface area contributed by atoms with Gasteiger partial charge in [-0.1, -0.05) is 32.1 Å². The molecular formula is C29H40O10. The highest BCUT2D eigenvalue weighted by atomic mass is 16.6. The molecule has 10 heteroatoms. The molecule has 3 N–H and O–H groups in total. The Bertz CT molecular complexity index is 1060. The first-order chi connectivity index (χ1) is 18.5. The van der Waals surface area contributed by atoms with Gasteiger partial charge in [0.15, 0.2) is 0 Å². The minimum atomic E-state index is -1.95. The molecule has 10 nitrogen and oxygen atoms in total. The fourth-order valence-electron chi connectivity index (χ4n) is 7.08. The van der Waals surface area contributed by atoms with Crippen molar-refractivity contribution >= 4 is 11.9 Å². The van der Waals surface area contributed by atoms with E-state index >= 15 is 0 Å². The van der Waals surface area contributed by atoms with Gasteiger partial charge in [0.2, 0.25) is 5.79 Å². The van der Waals surface area contributed by atoms with E-state index in [2.05, 4.69) is 6.92 Å². The van der Waals surface area contributed by atoms with Crippen LogP contribution in [0.1, 0.15) is 52.9 Å². The van der Waals surface area contributed by atoms with Crippen LogP contribution in [0.15, 0.2) is 36.0 Å². The van der Waals surface area contributed by atoms with Gasteiger partial charge >= 0.3 is 11.9 Å². The van der Waals surface area contributed by atoms with Crippen molar-refractivity contribution in [2.24, 2.45) is 16.7 Å². The van der Waals surface area contributed by atoms with Gasteiger partial charge in [0.25, 0.3) is 0 Å². The third-order valence-electron chi connectivity index (χ3n) is 9.78. The number of allylic oxidation sites excluding steroid dienone is 2. The highest BCUT2D eigenvalue weighted by molar-refractivity contribution is 5.82. The van der Waals surface area contributed by atoms with Gasteiger partial charge in [-0.2, -0.15) is 0 Å². The zero-order valence-electron chi connectivity index (χ0n) is 22.8. The second-order valence-electron chi connectivity index (χ2n) is 12.0. The first-order valence-electron chi connectivity index (χ1n) is 13.9. The minimum Gasteiger partial charge on any atom is -0.465 e. The van der Waals surface area contributed by atoms with Crippen LogP contribution in [0.4, 0.5) is 0 Å². The van der Waals surface area contributed by atoms with E-state index in [-0.39, 0.29) is 44.2 Å². The van der Waals surface area contributed by atoms with Crippen molar-refractivity contribution in [3.05, 3.63) is 36.0 Å². The maximum Gasteiger partial charge on any atom is 0.331 e. The first-order valence-corrected chi connectivity index (χ1v) is 13.9. The number of cyclic esters (lactones) is 1. The predicted octanol–water partition coefficient (Wildman–Crippen LogP) is 1.71. The van der Waals surface area contributed by atoms with Crippen LogP contribution in [-0.4, -0.2) is 89.5 Å². The van der Waals surface area contributed by atoms with Gasteiger partial charge in [0.05, 0.1) is 37.4 Å². The molecule has 3 fully saturated rings. The summed E-state index contributed by atoms with van der Waals surface area (Å²) < 4.78 is 30.2. The summed E-state index contributed by atoms with van der Waals surface area (Å²) in [7, 11) is 0. The minimum absolute atomic E-state index is 0.0671. The Kier molecular flexibility index (Phi) is 7.58. The van der Waals surface area contributed by atoms with E-state index in [9.17, 15) is 24.9 Å². The molecule has 0 aromatic heterocycles. The number of carbonyl (C=O) groups excluding carboxylic acids is 2. The molecule has 5 aliphatic rings. The lowest BCUT2D eigenvalue weighted by Gasteiger charge is -2.58. The van der Waals surface area contributed by atoms with E-state index in [0.29, 0.717) is 32.3 Å². The fourth-order valence-corrected chi connectivity index (χ4v) is 7.08. The molecule has 2 spiro atoms. The van der Waals surface area contributed by atoms with Crippen LogP contribution in [0.3, 0.4) is 0 Å². The lowest BCUT2D eigenvalue weighted by molar-refractivity contribution is -0.233. The topological polar surface area (TPSA) is 144 Å². The van der Waals surface area contributed by atoms with Gasteiger partial charge in [0, 0.05) is 24.3 Å².